The molecule has 11 heteroatoms. The molecule has 2 N–H and O–H groups in total. The lowest BCUT2D eigenvalue weighted by Gasteiger charge is -2.14. The van der Waals surface area contributed by atoms with Crippen LogP contribution in [0.2, 0.25) is 0 Å². The van der Waals surface area contributed by atoms with Gasteiger partial charge in [-0.15, -0.1) is 11.8 Å². The van der Waals surface area contributed by atoms with Crippen molar-refractivity contribution in [2.45, 2.75) is 12.2 Å². The topological polar surface area (TPSA) is 136 Å². The lowest BCUT2D eigenvalue weighted by Crippen LogP contribution is -2.28. The summed E-state index contributed by atoms with van der Waals surface area (Å²) in [6, 6.07) is 20.8. The molecule has 0 heterocycles. The van der Waals surface area contributed by atoms with Gasteiger partial charge in [0.25, 0.3) is 11.6 Å². The predicted molar refractivity (Wildman–Crippen MR) is 150 cm³/mol. The van der Waals surface area contributed by atoms with E-state index in [-0.39, 0.29) is 23.6 Å². The maximum atomic E-state index is 13.1. The molecule has 202 valence electrons. The number of amides is 1. The molecule has 0 spiro atoms. The van der Waals surface area contributed by atoms with Crippen LogP contribution >= 0.6 is 11.8 Å². The third-order valence-electron chi connectivity index (χ3n) is 5.55. The lowest BCUT2D eigenvalue weighted by molar-refractivity contribution is -0.384. The molecule has 0 fully saturated rings. The van der Waals surface area contributed by atoms with Gasteiger partial charge < -0.3 is 24.8 Å². The van der Waals surface area contributed by atoms with Crippen molar-refractivity contribution in [3.63, 3.8) is 0 Å². The molecule has 3 rings (SSSR count). The van der Waals surface area contributed by atoms with Crippen molar-refractivity contribution < 1.29 is 23.9 Å². The van der Waals surface area contributed by atoms with Crippen molar-refractivity contribution in [2.24, 2.45) is 0 Å². The summed E-state index contributed by atoms with van der Waals surface area (Å²) in [5.74, 6) is 1.53. The number of nitro groups is 1. The van der Waals surface area contributed by atoms with E-state index in [4.69, 9.17) is 14.2 Å². The van der Waals surface area contributed by atoms with Crippen molar-refractivity contribution in [1.29, 1.82) is 5.26 Å². The minimum absolute atomic E-state index is 0.0344. The fourth-order valence-corrected chi connectivity index (χ4v) is 4.53. The van der Waals surface area contributed by atoms with Crippen LogP contribution < -0.4 is 24.8 Å². The number of ether oxygens (including phenoxy) is 3. The molecule has 3 aromatic carbocycles. The number of carbonyl (C=O) groups is 1. The molecule has 0 bridgehead atoms. The highest BCUT2D eigenvalue weighted by Crippen LogP contribution is 2.30. The summed E-state index contributed by atoms with van der Waals surface area (Å²) in [7, 11) is 4.65. The molecule has 0 atom stereocenters. The second-order valence-corrected chi connectivity index (χ2v) is 9.07. The van der Waals surface area contributed by atoms with Crippen molar-refractivity contribution in [3.05, 3.63) is 98.6 Å². The minimum Gasteiger partial charge on any atom is -0.497 e. The Morgan fingerprint density at radius 3 is 2.44 bits per heavy atom. The second kappa shape index (κ2) is 14.3. The number of carbonyl (C=O) groups excluding carboxylic acids is 1. The van der Waals surface area contributed by atoms with Crippen LogP contribution in [0, 0.1) is 21.4 Å². The van der Waals surface area contributed by atoms with E-state index >= 15 is 0 Å². The Morgan fingerprint density at radius 1 is 0.974 bits per heavy atom. The van der Waals surface area contributed by atoms with E-state index in [9.17, 15) is 20.2 Å². The van der Waals surface area contributed by atoms with Crippen molar-refractivity contribution in [1.82, 2.24) is 5.32 Å². The number of hydrogen-bond acceptors (Lipinski definition) is 9. The Kier molecular flexibility index (Phi) is 10.6. The van der Waals surface area contributed by atoms with Crippen LogP contribution in [0.4, 0.5) is 11.4 Å². The zero-order valence-electron chi connectivity index (χ0n) is 21.7. The first kappa shape index (κ1) is 28.9. The lowest BCUT2D eigenvalue weighted by atomic mass is 10.1. The van der Waals surface area contributed by atoms with Crippen LogP contribution in [0.3, 0.4) is 0 Å². The Morgan fingerprint density at radius 2 is 1.74 bits per heavy atom. The highest BCUT2D eigenvalue weighted by atomic mass is 32.2. The Labute approximate surface area is 230 Å². The molecule has 1 amide bonds. The van der Waals surface area contributed by atoms with Crippen molar-refractivity contribution in [3.8, 4) is 23.3 Å². The molecular weight excluding hydrogens is 520 g/mol. The summed E-state index contributed by atoms with van der Waals surface area (Å²) in [6.07, 6.45) is 0.504. The normalized spacial score (nSPS) is 11.0. The van der Waals surface area contributed by atoms with Gasteiger partial charge >= 0.3 is 0 Å². The number of methoxy groups -OCH3 is 3. The van der Waals surface area contributed by atoms with Gasteiger partial charge in [0.2, 0.25) is 0 Å². The molecule has 0 aromatic heterocycles. The SMILES string of the molecule is COc1cccc(N/C(SCc2cccc([N+](=O)[O-])c2)=C(/C#N)C(=O)NCCc2ccc(OC)c(OC)c2)c1. The summed E-state index contributed by atoms with van der Waals surface area (Å²) in [6.45, 7) is 0.279. The van der Waals surface area contributed by atoms with E-state index in [1.807, 2.05) is 18.2 Å². The zero-order chi connectivity index (χ0) is 28.2. The van der Waals surface area contributed by atoms with Gasteiger partial charge in [-0.1, -0.05) is 24.3 Å². The van der Waals surface area contributed by atoms with Gasteiger partial charge in [-0.05, 0) is 41.8 Å². The van der Waals surface area contributed by atoms with Crippen LogP contribution in [0.5, 0.6) is 17.2 Å². The van der Waals surface area contributed by atoms with Crippen LogP contribution in [0.25, 0.3) is 0 Å². The Hall–Kier alpha value is -4.69. The molecule has 0 saturated carbocycles. The number of rotatable bonds is 13. The average Bonchev–Trinajstić information content (AvgIpc) is 2.96. The Bertz CT molecular complexity index is 1400. The second-order valence-electron chi connectivity index (χ2n) is 8.08. The number of non-ortho nitro benzene ring substituents is 1. The van der Waals surface area contributed by atoms with E-state index in [2.05, 4.69) is 10.6 Å². The number of hydrogen-bond donors (Lipinski definition) is 2. The standard InChI is InChI=1S/C28H28N4O6S/c1-36-23-9-5-7-21(16-23)31-28(39-18-20-6-4-8-22(14-20)32(34)35)24(17-29)27(33)30-13-12-19-10-11-25(37-2)26(15-19)38-3/h4-11,14-16,31H,12-13,18H2,1-3H3,(H,30,33)/b28-24+. The molecule has 0 saturated heterocycles. The largest absolute Gasteiger partial charge is 0.497 e. The summed E-state index contributed by atoms with van der Waals surface area (Å²) < 4.78 is 15.9. The van der Waals surface area contributed by atoms with Gasteiger partial charge in [0, 0.05) is 36.2 Å². The minimum atomic E-state index is -0.546. The smallest absolute Gasteiger partial charge is 0.269 e. The van der Waals surface area contributed by atoms with E-state index in [1.165, 1.54) is 23.9 Å². The number of benzene rings is 3. The van der Waals surface area contributed by atoms with Crippen LogP contribution in [-0.2, 0) is 17.0 Å². The summed E-state index contributed by atoms with van der Waals surface area (Å²) in [5.41, 5.74) is 2.06. The van der Waals surface area contributed by atoms with Gasteiger partial charge in [0.15, 0.2) is 11.5 Å². The average molecular weight is 549 g/mol. The van der Waals surface area contributed by atoms with Gasteiger partial charge in [-0.2, -0.15) is 5.26 Å². The molecule has 0 aliphatic carbocycles. The van der Waals surface area contributed by atoms with Gasteiger partial charge in [0.1, 0.15) is 17.4 Å². The predicted octanol–water partition coefficient (Wildman–Crippen LogP) is 5.06. The molecule has 39 heavy (non-hydrogen) atoms. The first-order chi connectivity index (χ1) is 18.9. The van der Waals surface area contributed by atoms with E-state index in [1.54, 1.807) is 63.8 Å². The van der Waals surface area contributed by atoms with E-state index in [0.29, 0.717) is 39.9 Å². The maximum absolute atomic E-state index is 13.1. The summed E-state index contributed by atoms with van der Waals surface area (Å²) >= 11 is 1.19. The van der Waals surface area contributed by atoms with Gasteiger partial charge in [-0.25, -0.2) is 0 Å². The van der Waals surface area contributed by atoms with Crippen LogP contribution in [-0.4, -0.2) is 38.7 Å². The number of anilines is 1. The number of nitriles is 1. The van der Waals surface area contributed by atoms with E-state index < -0.39 is 10.8 Å². The molecule has 0 radical (unpaired) electrons. The van der Waals surface area contributed by atoms with Crippen LogP contribution in [0.1, 0.15) is 11.1 Å². The first-order valence-corrected chi connectivity index (χ1v) is 12.8. The number of nitrogens with one attached hydrogen (secondary N) is 2. The quantitative estimate of drug-likeness (QED) is 0.130. The fraction of sp³-hybridized carbons (Fsp3) is 0.214. The number of nitrogens with zero attached hydrogens (tertiary/aromatic N) is 2. The van der Waals surface area contributed by atoms with Gasteiger partial charge in [-0.3, -0.25) is 14.9 Å². The van der Waals surface area contributed by atoms with Crippen molar-refractivity contribution in [2.75, 3.05) is 33.2 Å². The van der Waals surface area contributed by atoms with Crippen molar-refractivity contribution >= 4 is 29.0 Å². The zero-order valence-corrected chi connectivity index (χ0v) is 22.5. The fourth-order valence-electron chi connectivity index (χ4n) is 3.57. The maximum Gasteiger partial charge on any atom is 0.269 e. The molecule has 0 aliphatic rings. The molecular formula is C28H28N4O6S. The van der Waals surface area contributed by atoms with Gasteiger partial charge in [0.05, 0.1) is 31.3 Å². The molecule has 3 aromatic rings. The third-order valence-corrected chi connectivity index (χ3v) is 6.62. The van der Waals surface area contributed by atoms with E-state index in [0.717, 1.165) is 5.56 Å². The number of nitro benzene ring substituents is 1. The number of thioether (sulfide) groups is 1. The molecule has 10 nitrogen and oxygen atoms in total. The molecule has 0 aliphatic heterocycles. The molecule has 0 unspecified atom stereocenters. The van der Waals surface area contributed by atoms with Crippen LogP contribution in [0.15, 0.2) is 77.3 Å². The summed E-state index contributed by atoms with van der Waals surface area (Å²) in [5, 5.41) is 27.4. The third kappa shape index (κ3) is 8.15. The highest BCUT2D eigenvalue weighted by molar-refractivity contribution is 8.02. The monoisotopic (exact) mass is 548 g/mol. The Balaban J connectivity index is 1.80. The first-order valence-electron chi connectivity index (χ1n) is 11.8. The summed E-state index contributed by atoms with van der Waals surface area (Å²) in [4.78, 5) is 23.8. The highest BCUT2D eigenvalue weighted by Gasteiger charge is 2.18.